The Morgan fingerprint density at radius 2 is 1.85 bits per heavy atom. The van der Waals surface area contributed by atoms with Crippen molar-refractivity contribution in [3.8, 4) is 0 Å². The molecule has 1 saturated heterocycles. The molecule has 1 aliphatic heterocycles. The topological polar surface area (TPSA) is 131 Å². The van der Waals surface area contributed by atoms with Crippen LogP contribution in [0.5, 0.6) is 0 Å². The molecular weight excluding hydrogens is 499 g/mol. The summed E-state index contributed by atoms with van der Waals surface area (Å²) in [4.78, 5) is 25.8. The molecule has 13 heteroatoms. The SMILES string of the molecule is O=[N+]([O-])c1cc(/C=N\Nc2nc(Nc3ccc(F)cc3)nc(N3CCOCC3)n2)ccc1Br. The van der Waals surface area contributed by atoms with E-state index in [-0.39, 0.29) is 23.4 Å². The first-order valence-electron chi connectivity index (χ1n) is 9.82. The number of benzene rings is 2. The van der Waals surface area contributed by atoms with Crippen LogP contribution in [0.1, 0.15) is 5.56 Å². The Morgan fingerprint density at radius 1 is 1.12 bits per heavy atom. The molecule has 1 aliphatic rings. The number of nitro benzene ring substituents is 1. The molecule has 2 N–H and O–H groups in total. The highest BCUT2D eigenvalue weighted by atomic mass is 79.9. The fourth-order valence-corrected chi connectivity index (χ4v) is 3.34. The molecule has 2 heterocycles. The van der Waals surface area contributed by atoms with Crippen LogP contribution in [0.15, 0.2) is 52.0 Å². The average molecular weight is 517 g/mol. The third-order valence-corrected chi connectivity index (χ3v) is 5.23. The first-order valence-corrected chi connectivity index (χ1v) is 10.6. The smallest absolute Gasteiger partial charge is 0.284 e. The summed E-state index contributed by atoms with van der Waals surface area (Å²) in [5.74, 6) is 0.485. The minimum absolute atomic E-state index is 0.0699. The molecule has 0 saturated carbocycles. The minimum atomic E-state index is -0.483. The molecule has 0 unspecified atom stereocenters. The lowest BCUT2D eigenvalue weighted by Crippen LogP contribution is -2.37. The van der Waals surface area contributed by atoms with Crippen molar-refractivity contribution < 1.29 is 14.1 Å². The Morgan fingerprint density at radius 3 is 2.58 bits per heavy atom. The summed E-state index contributed by atoms with van der Waals surface area (Å²) in [6.45, 7) is 2.34. The molecule has 1 aromatic heterocycles. The third kappa shape index (κ3) is 5.96. The van der Waals surface area contributed by atoms with Crippen molar-refractivity contribution in [1.29, 1.82) is 0 Å². The van der Waals surface area contributed by atoms with Gasteiger partial charge in [0.15, 0.2) is 0 Å². The number of aromatic nitrogens is 3. The van der Waals surface area contributed by atoms with Gasteiger partial charge in [-0.3, -0.25) is 10.1 Å². The molecule has 0 amide bonds. The number of halogens is 2. The quantitative estimate of drug-likeness (QED) is 0.274. The van der Waals surface area contributed by atoms with Gasteiger partial charge in [-0.2, -0.15) is 20.1 Å². The van der Waals surface area contributed by atoms with Crippen LogP contribution >= 0.6 is 15.9 Å². The number of nitrogens with one attached hydrogen (secondary N) is 2. The summed E-state index contributed by atoms with van der Waals surface area (Å²) in [6, 6.07) is 10.4. The summed E-state index contributed by atoms with van der Waals surface area (Å²) in [5.41, 5.74) is 3.79. The Labute approximate surface area is 196 Å². The van der Waals surface area contributed by atoms with E-state index in [0.29, 0.717) is 48.0 Å². The van der Waals surface area contributed by atoms with Gasteiger partial charge in [-0.25, -0.2) is 9.82 Å². The van der Waals surface area contributed by atoms with Crippen molar-refractivity contribution in [3.63, 3.8) is 0 Å². The second kappa shape index (κ2) is 10.3. The van der Waals surface area contributed by atoms with E-state index >= 15 is 0 Å². The van der Waals surface area contributed by atoms with Gasteiger partial charge in [0.2, 0.25) is 17.8 Å². The molecule has 33 heavy (non-hydrogen) atoms. The lowest BCUT2D eigenvalue weighted by atomic mass is 10.2. The number of hydrazone groups is 1. The molecule has 0 radical (unpaired) electrons. The lowest BCUT2D eigenvalue weighted by Gasteiger charge is -2.27. The van der Waals surface area contributed by atoms with Crippen LogP contribution in [-0.4, -0.2) is 52.4 Å². The van der Waals surface area contributed by atoms with Crippen LogP contribution in [0.25, 0.3) is 0 Å². The Kier molecular flexibility index (Phi) is 7.00. The van der Waals surface area contributed by atoms with Crippen molar-refractivity contribution >= 4 is 51.4 Å². The van der Waals surface area contributed by atoms with Gasteiger partial charge in [-0.05, 0) is 46.3 Å². The number of nitro groups is 1. The van der Waals surface area contributed by atoms with Crippen LogP contribution in [0.3, 0.4) is 0 Å². The standard InChI is InChI=1S/C20H18BrFN8O3/c21-16-6-1-13(11-17(16)30(31)32)12-23-28-19-25-18(24-15-4-2-14(22)3-5-15)26-20(27-19)29-7-9-33-10-8-29/h1-6,11-12H,7-10H2,(H2,24,25,26,27,28)/b23-12-. The summed E-state index contributed by atoms with van der Waals surface area (Å²) in [6.07, 6.45) is 1.42. The summed E-state index contributed by atoms with van der Waals surface area (Å²) >= 11 is 3.15. The molecule has 0 atom stereocenters. The van der Waals surface area contributed by atoms with E-state index in [0.717, 1.165) is 0 Å². The first-order chi connectivity index (χ1) is 16.0. The van der Waals surface area contributed by atoms with Crippen LogP contribution in [0.4, 0.5) is 33.6 Å². The maximum atomic E-state index is 13.2. The second-order valence-corrected chi connectivity index (χ2v) is 7.71. The predicted octanol–water partition coefficient (Wildman–Crippen LogP) is 3.71. The van der Waals surface area contributed by atoms with E-state index in [1.54, 1.807) is 24.3 Å². The Bertz CT molecular complexity index is 1170. The maximum absolute atomic E-state index is 13.2. The van der Waals surface area contributed by atoms with Gasteiger partial charge in [0.25, 0.3) is 5.69 Å². The van der Waals surface area contributed by atoms with Crippen LogP contribution in [-0.2, 0) is 4.74 Å². The van der Waals surface area contributed by atoms with Crippen LogP contribution in [0.2, 0.25) is 0 Å². The van der Waals surface area contributed by atoms with Crippen molar-refractivity contribution in [2.45, 2.75) is 0 Å². The van der Waals surface area contributed by atoms with Crippen molar-refractivity contribution in [3.05, 3.63) is 68.4 Å². The highest BCUT2D eigenvalue weighted by Crippen LogP contribution is 2.25. The Balaban J connectivity index is 1.56. The van der Waals surface area contributed by atoms with E-state index in [9.17, 15) is 14.5 Å². The number of morpholine rings is 1. The summed E-state index contributed by atoms with van der Waals surface area (Å²) in [7, 11) is 0. The zero-order valence-corrected chi connectivity index (χ0v) is 18.7. The zero-order valence-electron chi connectivity index (χ0n) is 17.1. The third-order valence-electron chi connectivity index (χ3n) is 4.56. The Hall–Kier alpha value is -3.71. The molecule has 3 aromatic rings. The number of nitrogens with zero attached hydrogens (tertiary/aromatic N) is 6. The van der Waals surface area contributed by atoms with Crippen molar-refractivity contribution in [2.24, 2.45) is 5.10 Å². The highest BCUT2D eigenvalue weighted by Gasteiger charge is 2.17. The summed E-state index contributed by atoms with van der Waals surface area (Å²) in [5, 5.41) is 18.2. The number of anilines is 4. The van der Waals surface area contributed by atoms with Gasteiger partial charge in [0, 0.05) is 30.4 Å². The average Bonchev–Trinajstić information content (AvgIpc) is 2.82. The summed E-state index contributed by atoms with van der Waals surface area (Å²) < 4.78 is 19.0. The fraction of sp³-hybridized carbons (Fsp3) is 0.200. The molecule has 0 bridgehead atoms. The highest BCUT2D eigenvalue weighted by molar-refractivity contribution is 9.10. The van der Waals surface area contributed by atoms with Gasteiger partial charge >= 0.3 is 0 Å². The van der Waals surface area contributed by atoms with Crippen LogP contribution in [0, 0.1) is 15.9 Å². The second-order valence-electron chi connectivity index (χ2n) is 6.85. The van der Waals surface area contributed by atoms with Gasteiger partial charge in [-0.15, -0.1) is 0 Å². The van der Waals surface area contributed by atoms with E-state index in [1.165, 1.54) is 24.4 Å². The molecule has 170 valence electrons. The van der Waals surface area contributed by atoms with E-state index in [2.05, 4.69) is 46.7 Å². The zero-order chi connectivity index (χ0) is 23.2. The molecule has 2 aromatic carbocycles. The molecular formula is C20H18BrFN8O3. The maximum Gasteiger partial charge on any atom is 0.284 e. The number of ether oxygens (including phenoxy) is 1. The number of hydrogen-bond donors (Lipinski definition) is 2. The number of hydrogen-bond acceptors (Lipinski definition) is 10. The lowest BCUT2D eigenvalue weighted by molar-refractivity contribution is -0.385. The minimum Gasteiger partial charge on any atom is -0.378 e. The van der Waals surface area contributed by atoms with Gasteiger partial charge in [-0.1, -0.05) is 6.07 Å². The van der Waals surface area contributed by atoms with Gasteiger partial charge < -0.3 is 15.0 Å². The molecule has 4 rings (SSSR count). The van der Waals surface area contributed by atoms with Gasteiger partial charge in [0.1, 0.15) is 5.82 Å². The van der Waals surface area contributed by atoms with Gasteiger partial charge in [0.05, 0.1) is 28.8 Å². The normalized spacial score (nSPS) is 13.8. The van der Waals surface area contributed by atoms with Crippen molar-refractivity contribution in [1.82, 2.24) is 15.0 Å². The molecule has 0 spiro atoms. The molecule has 11 nitrogen and oxygen atoms in total. The molecule has 0 aliphatic carbocycles. The van der Waals surface area contributed by atoms with Crippen molar-refractivity contribution in [2.75, 3.05) is 41.9 Å². The fourth-order valence-electron chi connectivity index (χ4n) is 2.95. The largest absolute Gasteiger partial charge is 0.378 e. The van der Waals surface area contributed by atoms with E-state index in [1.807, 2.05) is 4.90 Å². The van der Waals surface area contributed by atoms with E-state index < -0.39 is 4.92 Å². The molecule has 1 fully saturated rings. The monoisotopic (exact) mass is 516 g/mol. The first kappa shape index (κ1) is 22.5. The number of rotatable bonds is 7. The van der Waals surface area contributed by atoms with Crippen LogP contribution < -0.4 is 15.6 Å². The van der Waals surface area contributed by atoms with E-state index in [4.69, 9.17) is 4.74 Å². The predicted molar refractivity (Wildman–Crippen MR) is 125 cm³/mol.